The quantitative estimate of drug-likeness (QED) is 0.682. The fraction of sp³-hybridized carbons (Fsp3) is 0.158. The monoisotopic (exact) mass is 403 g/mol. The SMILES string of the molecule is Cc1cc(Cc2ccc(S(=O)(=O)Nc3ccc(C)c(Cl)c3)cc2)c(=O)[nH]n1. The van der Waals surface area contributed by atoms with Crippen molar-refractivity contribution in [3.8, 4) is 0 Å². The van der Waals surface area contributed by atoms with Crippen molar-refractivity contribution < 1.29 is 8.42 Å². The number of H-pyrrole nitrogens is 1. The number of hydrogen-bond acceptors (Lipinski definition) is 4. The van der Waals surface area contributed by atoms with Gasteiger partial charge in [-0.25, -0.2) is 13.5 Å². The minimum absolute atomic E-state index is 0.128. The maximum absolute atomic E-state index is 12.5. The standard InChI is InChI=1S/C19H18ClN3O3S/c1-12-3-6-16(11-18(12)20)23-27(25,26)17-7-4-14(5-8-17)10-15-9-13(2)21-22-19(15)24/h3-9,11,23H,10H2,1-2H3,(H,22,24). The Morgan fingerprint density at radius 3 is 2.44 bits per heavy atom. The van der Waals surface area contributed by atoms with Crippen LogP contribution in [0.25, 0.3) is 0 Å². The molecule has 3 aromatic rings. The van der Waals surface area contributed by atoms with Crippen LogP contribution in [0.4, 0.5) is 5.69 Å². The van der Waals surface area contributed by atoms with E-state index in [1.165, 1.54) is 12.1 Å². The first-order valence-corrected chi connectivity index (χ1v) is 10.0. The summed E-state index contributed by atoms with van der Waals surface area (Å²) >= 11 is 6.04. The molecule has 0 fully saturated rings. The van der Waals surface area contributed by atoms with Gasteiger partial charge in [-0.3, -0.25) is 9.52 Å². The van der Waals surface area contributed by atoms with E-state index in [1.54, 1.807) is 43.3 Å². The van der Waals surface area contributed by atoms with Crippen molar-refractivity contribution in [1.29, 1.82) is 0 Å². The lowest BCUT2D eigenvalue weighted by Crippen LogP contribution is -2.15. The second-order valence-corrected chi connectivity index (χ2v) is 8.34. The van der Waals surface area contributed by atoms with Gasteiger partial charge in [0.1, 0.15) is 0 Å². The van der Waals surface area contributed by atoms with Gasteiger partial charge >= 0.3 is 0 Å². The number of hydrogen-bond donors (Lipinski definition) is 2. The molecule has 0 spiro atoms. The van der Waals surface area contributed by atoms with E-state index in [-0.39, 0.29) is 10.5 Å². The maximum atomic E-state index is 12.5. The molecular formula is C19H18ClN3O3S. The summed E-state index contributed by atoms with van der Waals surface area (Å²) in [5.74, 6) is 0. The summed E-state index contributed by atoms with van der Waals surface area (Å²) in [7, 11) is -3.73. The van der Waals surface area contributed by atoms with Gasteiger partial charge in [-0.1, -0.05) is 29.8 Å². The number of rotatable bonds is 5. The Hall–Kier alpha value is -2.64. The van der Waals surface area contributed by atoms with E-state index in [0.717, 1.165) is 11.1 Å². The maximum Gasteiger partial charge on any atom is 0.267 e. The normalized spacial score (nSPS) is 11.4. The van der Waals surface area contributed by atoms with Crippen LogP contribution in [-0.2, 0) is 16.4 Å². The molecule has 2 N–H and O–H groups in total. The fourth-order valence-electron chi connectivity index (χ4n) is 2.57. The van der Waals surface area contributed by atoms with Crippen molar-refractivity contribution in [3.05, 3.63) is 86.3 Å². The van der Waals surface area contributed by atoms with E-state index >= 15 is 0 Å². The summed E-state index contributed by atoms with van der Waals surface area (Å²) < 4.78 is 27.6. The zero-order valence-electron chi connectivity index (χ0n) is 14.8. The van der Waals surface area contributed by atoms with E-state index < -0.39 is 10.0 Å². The molecule has 0 radical (unpaired) electrons. The molecule has 2 aromatic carbocycles. The Kier molecular flexibility index (Phi) is 5.34. The highest BCUT2D eigenvalue weighted by Gasteiger charge is 2.15. The summed E-state index contributed by atoms with van der Waals surface area (Å²) in [6, 6.07) is 13.1. The molecule has 0 aliphatic carbocycles. The largest absolute Gasteiger partial charge is 0.280 e. The van der Waals surface area contributed by atoms with E-state index in [4.69, 9.17) is 11.6 Å². The van der Waals surface area contributed by atoms with Crippen molar-refractivity contribution in [2.45, 2.75) is 25.2 Å². The third-order valence-corrected chi connectivity index (χ3v) is 5.87. The Bertz CT molecular complexity index is 1140. The topological polar surface area (TPSA) is 91.9 Å². The first-order chi connectivity index (χ1) is 12.7. The molecule has 1 aromatic heterocycles. The van der Waals surface area contributed by atoms with Crippen LogP contribution in [0.5, 0.6) is 0 Å². The highest BCUT2D eigenvalue weighted by molar-refractivity contribution is 7.92. The van der Waals surface area contributed by atoms with Crippen LogP contribution < -0.4 is 10.3 Å². The first-order valence-electron chi connectivity index (χ1n) is 8.18. The lowest BCUT2D eigenvalue weighted by molar-refractivity contribution is 0.601. The summed E-state index contributed by atoms with van der Waals surface area (Å²) in [5, 5.41) is 6.77. The van der Waals surface area contributed by atoms with Crippen molar-refractivity contribution in [2.24, 2.45) is 0 Å². The fourth-order valence-corrected chi connectivity index (χ4v) is 3.80. The lowest BCUT2D eigenvalue weighted by Gasteiger charge is -2.10. The van der Waals surface area contributed by atoms with Gasteiger partial charge in [0.05, 0.1) is 16.3 Å². The van der Waals surface area contributed by atoms with E-state index in [0.29, 0.717) is 28.4 Å². The van der Waals surface area contributed by atoms with E-state index in [1.807, 2.05) is 6.92 Å². The average Bonchev–Trinajstić information content (AvgIpc) is 2.61. The van der Waals surface area contributed by atoms with Crippen LogP contribution in [-0.4, -0.2) is 18.6 Å². The number of halogens is 1. The zero-order valence-corrected chi connectivity index (χ0v) is 16.4. The minimum Gasteiger partial charge on any atom is -0.280 e. The molecule has 0 saturated carbocycles. The molecule has 0 saturated heterocycles. The van der Waals surface area contributed by atoms with Crippen LogP contribution in [0.2, 0.25) is 5.02 Å². The van der Waals surface area contributed by atoms with Gasteiger partial charge in [0.15, 0.2) is 0 Å². The van der Waals surface area contributed by atoms with Crippen molar-refractivity contribution in [2.75, 3.05) is 4.72 Å². The van der Waals surface area contributed by atoms with E-state index in [9.17, 15) is 13.2 Å². The smallest absolute Gasteiger partial charge is 0.267 e. The van der Waals surface area contributed by atoms with Gasteiger partial charge < -0.3 is 0 Å². The number of anilines is 1. The van der Waals surface area contributed by atoms with Crippen molar-refractivity contribution >= 4 is 27.3 Å². The Morgan fingerprint density at radius 2 is 1.78 bits per heavy atom. The van der Waals surface area contributed by atoms with Crippen LogP contribution in [0.15, 0.2) is 58.2 Å². The first kappa shape index (κ1) is 19.1. The number of aryl methyl sites for hydroxylation is 2. The van der Waals surface area contributed by atoms with Gasteiger partial charge in [0.25, 0.3) is 15.6 Å². The van der Waals surface area contributed by atoms with Crippen LogP contribution in [0.3, 0.4) is 0 Å². The van der Waals surface area contributed by atoms with Gasteiger partial charge in [0, 0.05) is 17.0 Å². The molecular weight excluding hydrogens is 386 g/mol. The number of nitrogens with zero attached hydrogens (tertiary/aromatic N) is 1. The number of aromatic nitrogens is 2. The summed E-state index contributed by atoms with van der Waals surface area (Å²) in [6.45, 7) is 3.63. The van der Waals surface area contributed by atoms with Crippen molar-refractivity contribution in [1.82, 2.24) is 10.2 Å². The van der Waals surface area contributed by atoms with Crippen molar-refractivity contribution in [3.63, 3.8) is 0 Å². The molecule has 0 unspecified atom stereocenters. The van der Waals surface area contributed by atoms with Crippen LogP contribution in [0.1, 0.15) is 22.4 Å². The van der Waals surface area contributed by atoms with E-state index in [2.05, 4.69) is 14.9 Å². The molecule has 6 nitrogen and oxygen atoms in total. The lowest BCUT2D eigenvalue weighted by atomic mass is 10.1. The molecule has 8 heteroatoms. The number of nitrogens with one attached hydrogen (secondary N) is 2. The molecule has 0 amide bonds. The van der Waals surface area contributed by atoms with Crippen LogP contribution in [0, 0.1) is 13.8 Å². The molecule has 0 bridgehead atoms. The van der Waals surface area contributed by atoms with Gasteiger partial charge in [0.2, 0.25) is 0 Å². The molecule has 27 heavy (non-hydrogen) atoms. The number of benzene rings is 2. The summed E-state index contributed by atoms with van der Waals surface area (Å²) in [4.78, 5) is 11.9. The van der Waals surface area contributed by atoms with Crippen LogP contribution >= 0.6 is 11.6 Å². The average molecular weight is 404 g/mol. The summed E-state index contributed by atoms with van der Waals surface area (Å²) in [5.41, 5.74) is 3.12. The molecule has 0 aliphatic heterocycles. The predicted octanol–water partition coefficient (Wildman–Crippen LogP) is 3.43. The molecule has 140 valence electrons. The highest BCUT2D eigenvalue weighted by Crippen LogP contribution is 2.23. The molecule has 0 aliphatic rings. The molecule has 3 rings (SSSR count). The molecule has 0 atom stereocenters. The zero-order chi connectivity index (χ0) is 19.6. The Morgan fingerprint density at radius 1 is 1.07 bits per heavy atom. The number of sulfonamides is 1. The Balaban J connectivity index is 1.80. The van der Waals surface area contributed by atoms with Gasteiger partial charge in [-0.05, 0) is 55.3 Å². The second kappa shape index (κ2) is 7.54. The Labute approximate surface area is 162 Å². The third-order valence-electron chi connectivity index (χ3n) is 4.06. The molecule has 1 heterocycles. The number of aromatic amines is 1. The third kappa shape index (κ3) is 4.56. The second-order valence-electron chi connectivity index (χ2n) is 6.25. The van der Waals surface area contributed by atoms with Gasteiger partial charge in [-0.15, -0.1) is 0 Å². The predicted molar refractivity (Wildman–Crippen MR) is 106 cm³/mol. The summed E-state index contributed by atoms with van der Waals surface area (Å²) in [6.07, 6.45) is 0.389. The highest BCUT2D eigenvalue weighted by atomic mass is 35.5. The minimum atomic E-state index is -3.73. The van der Waals surface area contributed by atoms with Gasteiger partial charge in [-0.2, -0.15) is 5.10 Å².